The summed E-state index contributed by atoms with van der Waals surface area (Å²) in [4.78, 5) is 56.3. The van der Waals surface area contributed by atoms with Crippen molar-refractivity contribution in [2.24, 2.45) is 5.92 Å². The number of nitrogens with zero attached hydrogens (tertiary/aromatic N) is 3. The predicted octanol–water partition coefficient (Wildman–Crippen LogP) is 4.89. The zero-order valence-corrected chi connectivity index (χ0v) is 24.5. The van der Waals surface area contributed by atoms with Crippen LogP contribution in [0.1, 0.15) is 21.9 Å². The monoisotopic (exact) mass is 657 g/mol. The lowest BCUT2D eigenvalue weighted by Gasteiger charge is -2.31. The topological polar surface area (TPSA) is 88.9 Å². The minimum Gasteiger partial charge on any atom is -0.378 e. The maximum atomic E-state index is 14.0. The largest absolute Gasteiger partial charge is 0.418 e. The molecule has 2 saturated heterocycles. The maximum Gasteiger partial charge on any atom is 0.418 e. The van der Waals surface area contributed by atoms with Crippen molar-refractivity contribution in [3.8, 4) is 0 Å². The van der Waals surface area contributed by atoms with Gasteiger partial charge >= 0.3 is 11.0 Å². The minimum atomic E-state index is -4.83. The molecule has 4 heterocycles. The Morgan fingerprint density at radius 3 is 2.43 bits per heavy atom. The average molecular weight is 659 g/mol. The van der Waals surface area contributed by atoms with Crippen LogP contribution in [0.25, 0.3) is 0 Å². The SMILES string of the molecule is O=C(Cn1c2c(sc1=O)C(c1cccc(Cl)c1Cl)C1C(=O)N(c3ccccc3C(F)(F)F)C(=O)C1S2)N1CCOCC1. The Hall–Kier alpha value is -2.84. The Kier molecular flexibility index (Phi) is 7.67. The maximum absolute atomic E-state index is 14.0. The van der Waals surface area contributed by atoms with Crippen molar-refractivity contribution < 1.29 is 32.3 Å². The van der Waals surface area contributed by atoms with Crippen molar-refractivity contribution in [2.75, 3.05) is 31.2 Å². The van der Waals surface area contributed by atoms with Gasteiger partial charge in [0.05, 0.1) is 45.5 Å². The summed E-state index contributed by atoms with van der Waals surface area (Å²) in [5, 5.41) is -0.645. The molecule has 3 aliphatic heterocycles. The molecule has 1 aromatic heterocycles. The third-order valence-corrected chi connectivity index (χ3v) is 10.9. The molecule has 6 rings (SSSR count). The number of morpholine rings is 1. The zero-order valence-electron chi connectivity index (χ0n) is 21.4. The number of ether oxygens (including phenoxy) is 1. The number of carbonyl (C=O) groups excluding carboxylic acids is 3. The van der Waals surface area contributed by atoms with Gasteiger partial charge in [0, 0.05) is 23.9 Å². The molecule has 8 nitrogen and oxygen atoms in total. The summed E-state index contributed by atoms with van der Waals surface area (Å²) in [6, 6.07) is 9.11. The Morgan fingerprint density at radius 2 is 1.71 bits per heavy atom. The molecule has 0 saturated carbocycles. The molecular weight excluding hydrogens is 638 g/mol. The van der Waals surface area contributed by atoms with Crippen molar-refractivity contribution in [1.82, 2.24) is 9.47 Å². The lowest BCUT2D eigenvalue weighted by molar-refractivity contribution is -0.137. The number of anilines is 1. The highest BCUT2D eigenvalue weighted by molar-refractivity contribution is 8.00. The van der Waals surface area contributed by atoms with E-state index in [1.165, 1.54) is 22.8 Å². The first kappa shape index (κ1) is 29.2. The summed E-state index contributed by atoms with van der Waals surface area (Å²) in [6.07, 6.45) is -4.83. The van der Waals surface area contributed by atoms with Crippen LogP contribution in [0.3, 0.4) is 0 Å². The number of para-hydroxylation sites is 1. The first-order valence-electron chi connectivity index (χ1n) is 12.7. The number of rotatable bonds is 4. The Bertz CT molecular complexity index is 1670. The fourth-order valence-electron chi connectivity index (χ4n) is 5.54. The number of thioether (sulfide) groups is 1. The van der Waals surface area contributed by atoms with Gasteiger partial charge in [-0.1, -0.05) is 70.6 Å². The molecule has 15 heteroatoms. The van der Waals surface area contributed by atoms with Crippen molar-refractivity contribution in [2.45, 2.75) is 28.9 Å². The third-order valence-electron chi connectivity index (χ3n) is 7.47. The van der Waals surface area contributed by atoms with E-state index in [-0.39, 0.29) is 22.5 Å². The summed E-state index contributed by atoms with van der Waals surface area (Å²) in [6.45, 7) is 1.14. The Labute approximate surface area is 254 Å². The number of alkyl halides is 3. The molecule has 42 heavy (non-hydrogen) atoms. The number of hydrogen-bond acceptors (Lipinski definition) is 7. The van der Waals surface area contributed by atoms with Crippen molar-refractivity contribution in [1.29, 1.82) is 0 Å². The Morgan fingerprint density at radius 1 is 1.00 bits per heavy atom. The third kappa shape index (κ3) is 4.84. The lowest BCUT2D eigenvalue weighted by atomic mass is 9.83. The molecule has 0 spiro atoms. The second-order valence-electron chi connectivity index (χ2n) is 9.83. The molecule has 0 bridgehead atoms. The van der Waals surface area contributed by atoms with E-state index < -0.39 is 51.2 Å². The number of thiazole rings is 1. The summed E-state index contributed by atoms with van der Waals surface area (Å²) < 4.78 is 48.4. The van der Waals surface area contributed by atoms with Crippen LogP contribution in [0, 0.1) is 5.92 Å². The fraction of sp³-hybridized carbons (Fsp3) is 0.333. The number of aromatic nitrogens is 1. The van der Waals surface area contributed by atoms with E-state index in [2.05, 4.69) is 0 Å². The van der Waals surface area contributed by atoms with Crippen LogP contribution in [-0.4, -0.2) is 58.7 Å². The van der Waals surface area contributed by atoms with Gasteiger partial charge in [-0.2, -0.15) is 13.2 Å². The smallest absolute Gasteiger partial charge is 0.378 e. The average Bonchev–Trinajstić information content (AvgIpc) is 3.41. The molecule has 3 amide bonds. The van der Waals surface area contributed by atoms with E-state index in [0.29, 0.717) is 46.7 Å². The van der Waals surface area contributed by atoms with E-state index >= 15 is 0 Å². The summed E-state index contributed by atoms with van der Waals surface area (Å²) in [5.41, 5.74) is -1.36. The van der Waals surface area contributed by atoms with E-state index in [0.717, 1.165) is 35.2 Å². The van der Waals surface area contributed by atoms with Crippen LogP contribution in [0.4, 0.5) is 18.9 Å². The molecule has 3 aliphatic rings. The molecule has 0 N–H and O–H groups in total. The molecule has 2 aromatic carbocycles. The highest BCUT2D eigenvalue weighted by Gasteiger charge is 2.58. The fourth-order valence-corrected chi connectivity index (χ4v) is 8.73. The predicted molar refractivity (Wildman–Crippen MR) is 151 cm³/mol. The first-order chi connectivity index (χ1) is 20.0. The number of carbonyl (C=O) groups is 3. The lowest BCUT2D eigenvalue weighted by Crippen LogP contribution is -2.43. The molecular formula is C27H20Cl2F3N3O5S2. The standard InChI is InChI=1S/C27H20Cl2F3N3O5S2/c28-15-6-3-4-13(20(15)29)18-19-21(24(38)35(23(19)37)16-7-2-1-5-14(16)27(30,31)32)41-25-22(18)42-26(39)34(25)12-17(36)33-8-10-40-11-9-33/h1-7,18-19,21H,8-12H2. The second-order valence-corrected chi connectivity index (χ2v) is 12.7. The van der Waals surface area contributed by atoms with Gasteiger partial charge in [-0.3, -0.25) is 23.7 Å². The van der Waals surface area contributed by atoms with E-state index in [9.17, 15) is 32.3 Å². The van der Waals surface area contributed by atoms with Crippen molar-refractivity contribution >= 4 is 69.7 Å². The van der Waals surface area contributed by atoms with Crippen LogP contribution in [-0.2, 0) is 31.8 Å². The number of halogens is 5. The quantitative estimate of drug-likeness (QED) is 0.371. The summed E-state index contributed by atoms with van der Waals surface area (Å²) in [5.74, 6) is -4.19. The van der Waals surface area contributed by atoms with Gasteiger partial charge in [0.15, 0.2) is 0 Å². The van der Waals surface area contributed by atoms with Gasteiger partial charge < -0.3 is 9.64 Å². The molecule has 0 aliphatic carbocycles. The van der Waals surface area contributed by atoms with Gasteiger partial charge in [0.2, 0.25) is 17.7 Å². The molecule has 3 aromatic rings. The van der Waals surface area contributed by atoms with Crippen LogP contribution < -0.4 is 9.77 Å². The molecule has 3 atom stereocenters. The number of fused-ring (bicyclic) bond motifs is 2. The highest BCUT2D eigenvalue weighted by Crippen LogP contribution is 2.55. The summed E-state index contributed by atoms with van der Waals surface area (Å²) >= 11 is 14.6. The van der Waals surface area contributed by atoms with Crippen molar-refractivity contribution in [3.05, 3.63) is 78.2 Å². The molecule has 220 valence electrons. The van der Waals surface area contributed by atoms with Crippen LogP contribution in [0.15, 0.2) is 52.3 Å². The van der Waals surface area contributed by atoms with Crippen LogP contribution in [0.5, 0.6) is 0 Å². The molecule has 3 unspecified atom stereocenters. The van der Waals surface area contributed by atoms with Gasteiger partial charge in [-0.15, -0.1) is 0 Å². The van der Waals surface area contributed by atoms with Gasteiger partial charge in [-0.25, -0.2) is 4.90 Å². The van der Waals surface area contributed by atoms with Crippen molar-refractivity contribution in [3.63, 3.8) is 0 Å². The first-order valence-corrected chi connectivity index (χ1v) is 15.2. The highest BCUT2D eigenvalue weighted by atomic mass is 35.5. The number of imide groups is 1. The van der Waals surface area contributed by atoms with Crippen LogP contribution >= 0.6 is 46.3 Å². The second kappa shape index (κ2) is 11.0. The van der Waals surface area contributed by atoms with Gasteiger partial charge in [0.25, 0.3) is 0 Å². The van der Waals surface area contributed by atoms with E-state index in [4.69, 9.17) is 27.9 Å². The van der Waals surface area contributed by atoms with Crippen LogP contribution in [0.2, 0.25) is 10.0 Å². The number of amides is 3. The Balaban J connectivity index is 1.48. The summed E-state index contributed by atoms with van der Waals surface area (Å²) in [7, 11) is 0. The molecule has 0 radical (unpaired) electrons. The minimum absolute atomic E-state index is 0.0898. The zero-order chi connectivity index (χ0) is 29.9. The normalized spacial score (nSPS) is 22.4. The van der Waals surface area contributed by atoms with E-state index in [1.807, 2.05) is 0 Å². The van der Waals surface area contributed by atoms with E-state index in [1.54, 1.807) is 17.0 Å². The van der Waals surface area contributed by atoms with Gasteiger partial charge in [-0.05, 0) is 23.8 Å². The van der Waals surface area contributed by atoms with Gasteiger partial charge in [0.1, 0.15) is 11.8 Å². The number of benzene rings is 2. The molecule has 2 fully saturated rings. The number of hydrogen-bond donors (Lipinski definition) is 0.